The third kappa shape index (κ3) is 4.82. The van der Waals surface area contributed by atoms with Crippen molar-refractivity contribution in [2.75, 3.05) is 0 Å². The van der Waals surface area contributed by atoms with Gasteiger partial charge in [-0.25, -0.2) is 4.98 Å². The summed E-state index contributed by atoms with van der Waals surface area (Å²) in [6.07, 6.45) is 9.81. The Morgan fingerprint density at radius 2 is 1.94 bits per heavy atom. The van der Waals surface area contributed by atoms with Gasteiger partial charge in [-0.3, -0.25) is 0 Å². The minimum atomic E-state index is 0.794. The first kappa shape index (κ1) is 13.3. The molecule has 1 heterocycles. The van der Waals surface area contributed by atoms with E-state index >= 15 is 0 Å². The van der Waals surface area contributed by atoms with Crippen LogP contribution in [-0.4, -0.2) is 9.55 Å². The monoisotopic (exact) mass is 222 g/mol. The maximum atomic E-state index is 4.10. The van der Waals surface area contributed by atoms with Gasteiger partial charge in [-0.2, -0.15) is 0 Å². The highest BCUT2D eigenvalue weighted by atomic mass is 15.0. The molecule has 0 N–H and O–H groups in total. The van der Waals surface area contributed by atoms with Crippen LogP contribution in [0.1, 0.15) is 47.0 Å². The molecule has 92 valence electrons. The number of imidazole rings is 1. The summed E-state index contributed by atoms with van der Waals surface area (Å²) in [5, 5.41) is 0. The van der Waals surface area contributed by atoms with Gasteiger partial charge in [-0.05, 0) is 30.6 Å². The fourth-order valence-electron chi connectivity index (χ4n) is 2.53. The van der Waals surface area contributed by atoms with Gasteiger partial charge in [0.25, 0.3) is 0 Å². The molecule has 2 heteroatoms. The molecule has 0 fully saturated rings. The molecule has 0 bridgehead atoms. The summed E-state index contributed by atoms with van der Waals surface area (Å²) in [5.74, 6) is 2.46. The molecule has 2 unspecified atom stereocenters. The van der Waals surface area contributed by atoms with E-state index in [0.29, 0.717) is 0 Å². The third-order valence-corrected chi connectivity index (χ3v) is 3.22. The van der Waals surface area contributed by atoms with Gasteiger partial charge in [0.1, 0.15) is 0 Å². The van der Waals surface area contributed by atoms with Gasteiger partial charge in [-0.15, -0.1) is 0 Å². The molecule has 0 aliphatic heterocycles. The second-order valence-electron chi connectivity index (χ2n) is 5.50. The zero-order chi connectivity index (χ0) is 12.0. The Morgan fingerprint density at radius 1 is 1.19 bits per heavy atom. The summed E-state index contributed by atoms with van der Waals surface area (Å²) in [7, 11) is 0. The molecule has 0 amide bonds. The van der Waals surface area contributed by atoms with Crippen LogP contribution in [0.15, 0.2) is 18.7 Å². The predicted molar refractivity (Wildman–Crippen MR) is 69.2 cm³/mol. The van der Waals surface area contributed by atoms with E-state index in [0.717, 1.165) is 24.3 Å². The lowest BCUT2D eigenvalue weighted by Gasteiger charge is -2.21. The topological polar surface area (TPSA) is 17.8 Å². The smallest absolute Gasteiger partial charge is 0.0945 e. The number of hydrogen-bond acceptors (Lipinski definition) is 1. The maximum Gasteiger partial charge on any atom is 0.0945 e. The summed E-state index contributed by atoms with van der Waals surface area (Å²) in [4.78, 5) is 4.10. The fraction of sp³-hybridized carbons (Fsp3) is 0.786. The van der Waals surface area contributed by atoms with E-state index in [1.54, 1.807) is 0 Å². The molecule has 0 saturated heterocycles. The van der Waals surface area contributed by atoms with E-state index in [-0.39, 0.29) is 0 Å². The summed E-state index contributed by atoms with van der Waals surface area (Å²) in [6, 6.07) is 0. The van der Waals surface area contributed by atoms with Crippen molar-refractivity contribution in [2.45, 2.75) is 53.5 Å². The Morgan fingerprint density at radius 3 is 2.44 bits per heavy atom. The molecule has 0 saturated carbocycles. The second kappa shape index (κ2) is 6.72. The Labute approximate surface area is 100 Å². The van der Waals surface area contributed by atoms with Gasteiger partial charge >= 0.3 is 0 Å². The van der Waals surface area contributed by atoms with Crippen molar-refractivity contribution in [3.8, 4) is 0 Å². The quantitative estimate of drug-likeness (QED) is 0.682. The first-order valence-electron chi connectivity index (χ1n) is 6.57. The Kier molecular flexibility index (Phi) is 5.58. The summed E-state index contributed by atoms with van der Waals surface area (Å²) < 4.78 is 2.20. The average molecular weight is 222 g/mol. The van der Waals surface area contributed by atoms with Crippen molar-refractivity contribution >= 4 is 0 Å². The van der Waals surface area contributed by atoms with Crippen LogP contribution in [0.25, 0.3) is 0 Å². The molecule has 2 nitrogen and oxygen atoms in total. The normalized spacial score (nSPS) is 15.3. The number of aromatic nitrogens is 2. The van der Waals surface area contributed by atoms with Crippen molar-refractivity contribution in [3.63, 3.8) is 0 Å². The van der Waals surface area contributed by atoms with E-state index in [1.165, 1.54) is 19.3 Å². The molecular formula is C14H26N2. The van der Waals surface area contributed by atoms with Crippen LogP contribution in [0.2, 0.25) is 0 Å². The number of rotatable bonds is 7. The SMILES string of the molecule is CCC(CC(C)CC(C)C)Cn1ccnc1. The summed E-state index contributed by atoms with van der Waals surface area (Å²) >= 11 is 0. The molecule has 1 rings (SSSR count). The van der Waals surface area contributed by atoms with Crippen LogP contribution in [0.4, 0.5) is 0 Å². The van der Waals surface area contributed by atoms with Gasteiger partial charge in [0.15, 0.2) is 0 Å². The fourth-order valence-corrected chi connectivity index (χ4v) is 2.53. The highest BCUT2D eigenvalue weighted by Crippen LogP contribution is 2.22. The van der Waals surface area contributed by atoms with Crippen LogP contribution in [-0.2, 0) is 6.54 Å². The largest absolute Gasteiger partial charge is 0.337 e. The third-order valence-electron chi connectivity index (χ3n) is 3.22. The van der Waals surface area contributed by atoms with Crippen molar-refractivity contribution < 1.29 is 0 Å². The number of nitrogens with zero attached hydrogens (tertiary/aromatic N) is 2. The molecule has 16 heavy (non-hydrogen) atoms. The lowest BCUT2D eigenvalue weighted by Crippen LogP contribution is -2.13. The zero-order valence-electron chi connectivity index (χ0n) is 11.2. The van der Waals surface area contributed by atoms with Crippen molar-refractivity contribution in [1.82, 2.24) is 9.55 Å². The summed E-state index contributed by atoms with van der Waals surface area (Å²) in [5.41, 5.74) is 0. The zero-order valence-corrected chi connectivity index (χ0v) is 11.2. The van der Waals surface area contributed by atoms with Crippen LogP contribution in [0.5, 0.6) is 0 Å². The molecule has 0 aliphatic rings. The Hall–Kier alpha value is -0.790. The molecule has 1 aromatic rings. The van der Waals surface area contributed by atoms with Gasteiger partial charge in [0, 0.05) is 18.9 Å². The van der Waals surface area contributed by atoms with Gasteiger partial charge in [0.05, 0.1) is 6.33 Å². The van der Waals surface area contributed by atoms with Crippen LogP contribution >= 0.6 is 0 Å². The standard InChI is InChI=1S/C14H26N2/c1-5-14(9-13(4)8-12(2)3)10-16-7-6-15-11-16/h6-7,11-14H,5,8-10H2,1-4H3. The van der Waals surface area contributed by atoms with E-state index in [2.05, 4.69) is 43.4 Å². The van der Waals surface area contributed by atoms with Crippen molar-refractivity contribution in [1.29, 1.82) is 0 Å². The minimum absolute atomic E-state index is 0.794. The molecular weight excluding hydrogens is 196 g/mol. The lowest BCUT2D eigenvalue weighted by molar-refractivity contribution is 0.307. The van der Waals surface area contributed by atoms with E-state index < -0.39 is 0 Å². The van der Waals surface area contributed by atoms with E-state index in [1.807, 2.05) is 12.5 Å². The van der Waals surface area contributed by atoms with Crippen molar-refractivity contribution in [2.24, 2.45) is 17.8 Å². The number of hydrogen-bond donors (Lipinski definition) is 0. The molecule has 0 aromatic carbocycles. The average Bonchev–Trinajstić information content (AvgIpc) is 2.68. The lowest BCUT2D eigenvalue weighted by atomic mass is 9.88. The molecule has 2 atom stereocenters. The first-order valence-corrected chi connectivity index (χ1v) is 6.57. The van der Waals surface area contributed by atoms with Crippen molar-refractivity contribution in [3.05, 3.63) is 18.7 Å². The highest BCUT2D eigenvalue weighted by molar-refractivity contribution is 4.76. The van der Waals surface area contributed by atoms with Gasteiger partial charge in [-0.1, -0.05) is 34.1 Å². The molecule has 0 radical (unpaired) electrons. The maximum absolute atomic E-state index is 4.10. The Bertz CT molecular complexity index is 264. The van der Waals surface area contributed by atoms with Crippen LogP contribution in [0, 0.1) is 17.8 Å². The minimum Gasteiger partial charge on any atom is -0.337 e. The molecule has 1 aromatic heterocycles. The van der Waals surface area contributed by atoms with Gasteiger partial charge in [0.2, 0.25) is 0 Å². The first-order chi connectivity index (χ1) is 7.61. The van der Waals surface area contributed by atoms with Crippen LogP contribution < -0.4 is 0 Å². The second-order valence-corrected chi connectivity index (χ2v) is 5.50. The van der Waals surface area contributed by atoms with E-state index in [4.69, 9.17) is 0 Å². The highest BCUT2D eigenvalue weighted by Gasteiger charge is 2.13. The molecule has 0 aliphatic carbocycles. The van der Waals surface area contributed by atoms with E-state index in [9.17, 15) is 0 Å². The molecule has 0 spiro atoms. The predicted octanol–water partition coefficient (Wildman–Crippen LogP) is 3.98. The van der Waals surface area contributed by atoms with Gasteiger partial charge < -0.3 is 4.57 Å². The van der Waals surface area contributed by atoms with Crippen LogP contribution in [0.3, 0.4) is 0 Å². The Balaban J connectivity index is 2.37. The summed E-state index contributed by atoms with van der Waals surface area (Å²) in [6.45, 7) is 10.4.